The predicted octanol–water partition coefficient (Wildman–Crippen LogP) is 1.95. The molecule has 5 heteroatoms. The third-order valence-corrected chi connectivity index (χ3v) is 3.63. The Morgan fingerprint density at radius 3 is 2.67 bits per heavy atom. The van der Waals surface area contributed by atoms with Gasteiger partial charge in [0.05, 0.1) is 13.2 Å². The lowest BCUT2D eigenvalue weighted by Gasteiger charge is -2.28. The molecule has 0 radical (unpaired) electrons. The van der Waals surface area contributed by atoms with E-state index in [0.717, 1.165) is 44.5 Å². The summed E-state index contributed by atoms with van der Waals surface area (Å²) in [5, 5.41) is 0. The van der Waals surface area contributed by atoms with Crippen molar-refractivity contribution in [3.8, 4) is 0 Å². The summed E-state index contributed by atoms with van der Waals surface area (Å²) < 4.78 is 5.38. The van der Waals surface area contributed by atoms with E-state index in [4.69, 9.17) is 4.74 Å². The summed E-state index contributed by atoms with van der Waals surface area (Å²) in [6.45, 7) is 4.14. The van der Waals surface area contributed by atoms with Gasteiger partial charge in [-0.25, -0.2) is 9.97 Å². The van der Waals surface area contributed by atoms with Crippen LogP contribution in [0.5, 0.6) is 0 Å². The molecule has 0 bridgehead atoms. The minimum atomic E-state index is 0.763. The maximum absolute atomic E-state index is 5.38. The van der Waals surface area contributed by atoms with Gasteiger partial charge in [0.15, 0.2) is 0 Å². The second-order valence-electron chi connectivity index (χ2n) is 5.18. The van der Waals surface area contributed by atoms with Crippen LogP contribution in [0.3, 0.4) is 0 Å². The number of ether oxygens (including phenoxy) is 1. The Hall–Kier alpha value is -2.14. The van der Waals surface area contributed by atoms with Crippen LogP contribution in [0.15, 0.2) is 42.7 Å². The van der Waals surface area contributed by atoms with Gasteiger partial charge < -0.3 is 14.5 Å². The topological polar surface area (TPSA) is 41.5 Å². The van der Waals surface area contributed by atoms with Gasteiger partial charge >= 0.3 is 0 Å². The molecule has 5 nitrogen and oxygen atoms in total. The number of nitrogens with zero attached hydrogens (tertiary/aromatic N) is 4. The molecule has 1 aromatic heterocycles. The molecule has 21 heavy (non-hydrogen) atoms. The molecule has 2 aromatic rings. The van der Waals surface area contributed by atoms with Crippen LogP contribution in [0.1, 0.15) is 5.56 Å². The molecule has 1 aliphatic rings. The monoisotopic (exact) mass is 284 g/mol. The molecule has 1 aliphatic heterocycles. The van der Waals surface area contributed by atoms with E-state index >= 15 is 0 Å². The van der Waals surface area contributed by atoms with Crippen LogP contribution >= 0.6 is 0 Å². The van der Waals surface area contributed by atoms with Crippen molar-refractivity contribution in [2.45, 2.75) is 6.54 Å². The molecule has 0 atom stereocenters. The van der Waals surface area contributed by atoms with Crippen molar-refractivity contribution in [2.24, 2.45) is 0 Å². The Labute approximate surface area is 125 Å². The van der Waals surface area contributed by atoms with Crippen LogP contribution in [0.25, 0.3) is 0 Å². The van der Waals surface area contributed by atoms with E-state index in [2.05, 4.69) is 51.1 Å². The minimum absolute atomic E-state index is 0.763. The number of morpholine rings is 1. The first-order chi connectivity index (χ1) is 10.3. The molecule has 110 valence electrons. The summed E-state index contributed by atoms with van der Waals surface area (Å²) in [5.74, 6) is 1.92. The standard InChI is InChI=1S/C16H20N4O/c1-19(12-14-5-3-2-4-6-14)15-11-16(18-13-17-15)20-7-9-21-10-8-20/h2-6,11,13H,7-10,12H2,1H3. The molecule has 0 aliphatic carbocycles. The van der Waals surface area contributed by atoms with Gasteiger partial charge in [-0.3, -0.25) is 0 Å². The summed E-state index contributed by atoms with van der Waals surface area (Å²) >= 11 is 0. The fourth-order valence-electron chi connectivity index (χ4n) is 2.45. The van der Waals surface area contributed by atoms with Gasteiger partial charge in [0.1, 0.15) is 18.0 Å². The number of hydrogen-bond acceptors (Lipinski definition) is 5. The Morgan fingerprint density at radius 2 is 1.90 bits per heavy atom. The van der Waals surface area contributed by atoms with E-state index in [1.165, 1.54) is 5.56 Å². The smallest absolute Gasteiger partial charge is 0.134 e. The fourth-order valence-corrected chi connectivity index (χ4v) is 2.45. The Bertz CT molecular complexity index is 569. The van der Waals surface area contributed by atoms with Crippen LogP contribution < -0.4 is 9.80 Å². The van der Waals surface area contributed by atoms with Crippen LogP contribution in [-0.2, 0) is 11.3 Å². The predicted molar refractivity (Wildman–Crippen MR) is 83.6 cm³/mol. The third kappa shape index (κ3) is 3.49. The van der Waals surface area contributed by atoms with Gasteiger partial charge in [-0.1, -0.05) is 30.3 Å². The number of rotatable bonds is 4. The van der Waals surface area contributed by atoms with Crippen molar-refractivity contribution in [1.29, 1.82) is 0 Å². The average Bonchev–Trinajstić information content (AvgIpc) is 2.57. The molecule has 0 saturated carbocycles. The molecule has 0 unspecified atom stereocenters. The van der Waals surface area contributed by atoms with Crippen molar-refractivity contribution in [1.82, 2.24) is 9.97 Å². The maximum atomic E-state index is 5.38. The first-order valence-electron chi connectivity index (χ1n) is 7.23. The molecule has 3 rings (SSSR count). The van der Waals surface area contributed by atoms with E-state index in [9.17, 15) is 0 Å². The summed E-state index contributed by atoms with van der Waals surface area (Å²) in [5.41, 5.74) is 1.27. The molecule has 0 amide bonds. The normalized spacial score (nSPS) is 15.0. The van der Waals surface area contributed by atoms with E-state index < -0.39 is 0 Å². The van der Waals surface area contributed by atoms with Crippen LogP contribution in [-0.4, -0.2) is 43.3 Å². The first kappa shape index (κ1) is 13.8. The van der Waals surface area contributed by atoms with Crippen LogP contribution in [0.4, 0.5) is 11.6 Å². The lowest BCUT2D eigenvalue weighted by molar-refractivity contribution is 0.122. The van der Waals surface area contributed by atoms with Crippen molar-refractivity contribution < 1.29 is 4.74 Å². The quantitative estimate of drug-likeness (QED) is 0.858. The van der Waals surface area contributed by atoms with E-state index in [0.29, 0.717) is 0 Å². The highest BCUT2D eigenvalue weighted by Crippen LogP contribution is 2.19. The summed E-state index contributed by atoms with van der Waals surface area (Å²) in [7, 11) is 2.05. The largest absolute Gasteiger partial charge is 0.378 e. The summed E-state index contributed by atoms with van der Waals surface area (Å²) in [4.78, 5) is 13.2. The van der Waals surface area contributed by atoms with Crippen molar-refractivity contribution in [3.63, 3.8) is 0 Å². The Balaban J connectivity index is 1.72. The summed E-state index contributed by atoms with van der Waals surface area (Å²) in [6, 6.07) is 12.4. The lowest BCUT2D eigenvalue weighted by Crippen LogP contribution is -2.36. The SMILES string of the molecule is CN(Cc1ccccc1)c1cc(N2CCOCC2)ncn1. The molecule has 1 saturated heterocycles. The number of benzene rings is 1. The zero-order valence-electron chi connectivity index (χ0n) is 12.3. The second kappa shape index (κ2) is 6.54. The third-order valence-electron chi connectivity index (χ3n) is 3.63. The molecule has 0 spiro atoms. The van der Waals surface area contributed by atoms with Gasteiger partial charge in [-0.2, -0.15) is 0 Å². The first-order valence-corrected chi connectivity index (χ1v) is 7.23. The Kier molecular flexibility index (Phi) is 4.31. The molecule has 1 fully saturated rings. The van der Waals surface area contributed by atoms with Gasteiger partial charge in [-0.15, -0.1) is 0 Å². The average molecular weight is 284 g/mol. The zero-order chi connectivity index (χ0) is 14.5. The number of anilines is 2. The fraction of sp³-hybridized carbons (Fsp3) is 0.375. The van der Waals surface area contributed by atoms with Crippen LogP contribution in [0, 0.1) is 0 Å². The molecule has 2 heterocycles. The Morgan fingerprint density at radius 1 is 1.14 bits per heavy atom. The number of hydrogen-bond donors (Lipinski definition) is 0. The molecule has 0 N–H and O–H groups in total. The van der Waals surface area contributed by atoms with E-state index in [1.807, 2.05) is 12.1 Å². The lowest BCUT2D eigenvalue weighted by atomic mass is 10.2. The maximum Gasteiger partial charge on any atom is 0.134 e. The molecular weight excluding hydrogens is 264 g/mol. The zero-order valence-corrected chi connectivity index (χ0v) is 12.3. The van der Waals surface area contributed by atoms with E-state index in [1.54, 1.807) is 6.33 Å². The van der Waals surface area contributed by atoms with Crippen LogP contribution in [0.2, 0.25) is 0 Å². The molecular formula is C16H20N4O. The second-order valence-corrected chi connectivity index (χ2v) is 5.18. The highest BCUT2D eigenvalue weighted by Gasteiger charge is 2.14. The number of aromatic nitrogens is 2. The van der Waals surface area contributed by atoms with Gasteiger partial charge in [0.2, 0.25) is 0 Å². The highest BCUT2D eigenvalue weighted by molar-refractivity contribution is 5.50. The molecule has 1 aromatic carbocycles. The minimum Gasteiger partial charge on any atom is -0.378 e. The van der Waals surface area contributed by atoms with Gasteiger partial charge in [0.25, 0.3) is 0 Å². The van der Waals surface area contributed by atoms with Gasteiger partial charge in [0, 0.05) is 32.7 Å². The van der Waals surface area contributed by atoms with Crippen molar-refractivity contribution in [2.75, 3.05) is 43.2 Å². The highest BCUT2D eigenvalue weighted by atomic mass is 16.5. The van der Waals surface area contributed by atoms with Crippen molar-refractivity contribution in [3.05, 3.63) is 48.3 Å². The van der Waals surface area contributed by atoms with Crippen molar-refractivity contribution >= 4 is 11.6 Å². The van der Waals surface area contributed by atoms with E-state index in [-0.39, 0.29) is 0 Å². The van der Waals surface area contributed by atoms with Gasteiger partial charge in [-0.05, 0) is 5.56 Å². The summed E-state index contributed by atoms with van der Waals surface area (Å²) in [6.07, 6.45) is 1.64.